The monoisotopic (exact) mass is 221 g/mol. The van der Waals surface area contributed by atoms with Gasteiger partial charge in [-0.2, -0.15) is 0 Å². The number of aromatic nitrogens is 2. The van der Waals surface area contributed by atoms with Crippen LogP contribution in [0.25, 0.3) is 0 Å². The SMILES string of the molecule is O=[N+]([O-])c1cnc(CC2CCCCC2)nc1. The molecule has 1 fully saturated rings. The van der Waals surface area contributed by atoms with E-state index < -0.39 is 4.92 Å². The van der Waals surface area contributed by atoms with Crippen LogP contribution in [0, 0.1) is 16.0 Å². The van der Waals surface area contributed by atoms with Crippen molar-refractivity contribution in [2.75, 3.05) is 0 Å². The van der Waals surface area contributed by atoms with Gasteiger partial charge in [0.1, 0.15) is 18.2 Å². The highest BCUT2D eigenvalue weighted by molar-refractivity contribution is 5.20. The molecule has 0 radical (unpaired) electrons. The molecule has 0 saturated heterocycles. The van der Waals surface area contributed by atoms with Crippen molar-refractivity contribution in [2.45, 2.75) is 38.5 Å². The van der Waals surface area contributed by atoms with Crippen LogP contribution in [0.1, 0.15) is 37.9 Å². The summed E-state index contributed by atoms with van der Waals surface area (Å²) in [5.74, 6) is 1.40. The molecule has 1 aromatic heterocycles. The van der Waals surface area contributed by atoms with E-state index in [0.29, 0.717) is 5.92 Å². The third-order valence-corrected chi connectivity index (χ3v) is 3.10. The van der Waals surface area contributed by atoms with Gasteiger partial charge in [-0.15, -0.1) is 0 Å². The molecule has 5 nitrogen and oxygen atoms in total. The van der Waals surface area contributed by atoms with Crippen molar-refractivity contribution in [3.63, 3.8) is 0 Å². The Labute approximate surface area is 94.1 Å². The normalized spacial score (nSPS) is 17.2. The van der Waals surface area contributed by atoms with Crippen molar-refractivity contribution >= 4 is 5.69 Å². The smallest absolute Gasteiger partial charge is 0.258 e. The zero-order chi connectivity index (χ0) is 11.4. The summed E-state index contributed by atoms with van der Waals surface area (Å²) in [7, 11) is 0. The van der Waals surface area contributed by atoms with Crippen LogP contribution < -0.4 is 0 Å². The fraction of sp³-hybridized carbons (Fsp3) is 0.636. The lowest BCUT2D eigenvalue weighted by Gasteiger charge is -2.20. The Kier molecular flexibility index (Phi) is 3.44. The fourth-order valence-electron chi connectivity index (χ4n) is 2.20. The van der Waals surface area contributed by atoms with Crippen LogP contribution in [0.15, 0.2) is 12.4 Å². The Bertz CT molecular complexity index is 358. The molecule has 0 unspecified atom stereocenters. The van der Waals surface area contributed by atoms with Gasteiger partial charge in [-0.25, -0.2) is 9.97 Å². The molecule has 0 aromatic carbocycles. The van der Waals surface area contributed by atoms with E-state index in [0.717, 1.165) is 12.2 Å². The van der Waals surface area contributed by atoms with E-state index in [-0.39, 0.29) is 5.69 Å². The third-order valence-electron chi connectivity index (χ3n) is 3.10. The second-order valence-corrected chi connectivity index (χ2v) is 4.32. The van der Waals surface area contributed by atoms with Crippen molar-refractivity contribution < 1.29 is 4.92 Å². The molecule has 0 aliphatic heterocycles. The van der Waals surface area contributed by atoms with E-state index in [9.17, 15) is 10.1 Å². The lowest BCUT2D eigenvalue weighted by atomic mass is 9.87. The molecular weight excluding hydrogens is 206 g/mol. The molecule has 1 aliphatic carbocycles. The van der Waals surface area contributed by atoms with Crippen molar-refractivity contribution in [1.82, 2.24) is 9.97 Å². The first-order valence-corrected chi connectivity index (χ1v) is 5.71. The molecule has 1 saturated carbocycles. The predicted molar refractivity (Wildman–Crippen MR) is 59.0 cm³/mol. The van der Waals surface area contributed by atoms with Crippen molar-refractivity contribution in [1.29, 1.82) is 0 Å². The summed E-state index contributed by atoms with van der Waals surface area (Å²) in [6, 6.07) is 0. The van der Waals surface area contributed by atoms with Gasteiger partial charge < -0.3 is 0 Å². The Morgan fingerprint density at radius 2 is 1.88 bits per heavy atom. The first-order valence-electron chi connectivity index (χ1n) is 5.71. The number of nitro groups is 1. The molecule has 0 atom stereocenters. The topological polar surface area (TPSA) is 68.9 Å². The quantitative estimate of drug-likeness (QED) is 0.581. The molecule has 86 valence electrons. The van der Waals surface area contributed by atoms with Crippen LogP contribution in [-0.4, -0.2) is 14.9 Å². The van der Waals surface area contributed by atoms with Crippen LogP contribution >= 0.6 is 0 Å². The predicted octanol–water partition coefficient (Wildman–Crippen LogP) is 2.51. The largest absolute Gasteiger partial charge is 0.305 e. The van der Waals surface area contributed by atoms with E-state index >= 15 is 0 Å². The molecular formula is C11H15N3O2. The van der Waals surface area contributed by atoms with Crippen LogP contribution in [0.2, 0.25) is 0 Å². The molecule has 1 aromatic rings. The Morgan fingerprint density at radius 1 is 1.25 bits per heavy atom. The number of hydrogen-bond acceptors (Lipinski definition) is 4. The van der Waals surface area contributed by atoms with Gasteiger partial charge in [-0.3, -0.25) is 10.1 Å². The van der Waals surface area contributed by atoms with E-state index in [4.69, 9.17) is 0 Å². The minimum atomic E-state index is -0.468. The van der Waals surface area contributed by atoms with Crippen molar-refractivity contribution in [3.8, 4) is 0 Å². The Balaban J connectivity index is 1.96. The minimum Gasteiger partial charge on any atom is -0.258 e. The van der Waals surface area contributed by atoms with Gasteiger partial charge in [0.25, 0.3) is 0 Å². The van der Waals surface area contributed by atoms with E-state index in [2.05, 4.69) is 9.97 Å². The van der Waals surface area contributed by atoms with E-state index in [1.54, 1.807) is 0 Å². The zero-order valence-electron chi connectivity index (χ0n) is 9.13. The van der Waals surface area contributed by atoms with Gasteiger partial charge in [0.15, 0.2) is 0 Å². The number of rotatable bonds is 3. The van der Waals surface area contributed by atoms with Gasteiger partial charge in [0.2, 0.25) is 0 Å². The maximum atomic E-state index is 10.4. The van der Waals surface area contributed by atoms with Crippen LogP contribution in [0.4, 0.5) is 5.69 Å². The lowest BCUT2D eigenvalue weighted by Crippen LogP contribution is -2.11. The summed E-state index contributed by atoms with van der Waals surface area (Å²) < 4.78 is 0. The highest BCUT2D eigenvalue weighted by Crippen LogP contribution is 2.25. The van der Waals surface area contributed by atoms with Gasteiger partial charge in [0, 0.05) is 6.42 Å². The summed E-state index contributed by atoms with van der Waals surface area (Å²) >= 11 is 0. The molecule has 1 heterocycles. The highest BCUT2D eigenvalue weighted by Gasteiger charge is 2.15. The Hall–Kier alpha value is -1.52. The molecule has 0 amide bonds. The third kappa shape index (κ3) is 2.74. The Morgan fingerprint density at radius 3 is 2.44 bits per heavy atom. The molecule has 0 spiro atoms. The number of hydrogen-bond donors (Lipinski definition) is 0. The summed E-state index contributed by atoms with van der Waals surface area (Å²) in [6.45, 7) is 0. The summed E-state index contributed by atoms with van der Waals surface area (Å²) in [5, 5.41) is 10.4. The fourth-order valence-corrected chi connectivity index (χ4v) is 2.20. The van der Waals surface area contributed by atoms with Gasteiger partial charge in [0.05, 0.1) is 4.92 Å². The highest BCUT2D eigenvalue weighted by atomic mass is 16.6. The number of nitrogens with zero attached hydrogens (tertiary/aromatic N) is 3. The molecule has 5 heteroatoms. The summed E-state index contributed by atoms with van der Waals surface area (Å²) in [6.07, 6.45) is 9.84. The molecule has 16 heavy (non-hydrogen) atoms. The van der Waals surface area contributed by atoms with Crippen LogP contribution in [-0.2, 0) is 6.42 Å². The van der Waals surface area contributed by atoms with Gasteiger partial charge >= 0.3 is 5.69 Å². The van der Waals surface area contributed by atoms with Gasteiger partial charge in [-0.1, -0.05) is 32.1 Å². The molecule has 2 rings (SSSR count). The average Bonchev–Trinajstić information content (AvgIpc) is 2.31. The van der Waals surface area contributed by atoms with Crippen molar-refractivity contribution in [3.05, 3.63) is 28.3 Å². The summed E-state index contributed by atoms with van der Waals surface area (Å²) in [5.41, 5.74) is -0.0348. The standard InChI is InChI=1S/C11H15N3O2/c15-14(16)10-7-12-11(13-8-10)6-9-4-2-1-3-5-9/h7-9H,1-6H2. The van der Waals surface area contributed by atoms with Crippen LogP contribution in [0.5, 0.6) is 0 Å². The lowest BCUT2D eigenvalue weighted by molar-refractivity contribution is -0.385. The second-order valence-electron chi connectivity index (χ2n) is 4.32. The van der Waals surface area contributed by atoms with E-state index in [1.807, 2.05) is 0 Å². The molecule has 0 N–H and O–H groups in total. The maximum absolute atomic E-state index is 10.4. The minimum absolute atomic E-state index is 0.0348. The van der Waals surface area contributed by atoms with Gasteiger partial charge in [-0.05, 0) is 5.92 Å². The first kappa shape index (κ1) is 11.0. The first-order chi connectivity index (χ1) is 7.75. The average molecular weight is 221 g/mol. The van der Waals surface area contributed by atoms with Crippen molar-refractivity contribution in [2.24, 2.45) is 5.92 Å². The van der Waals surface area contributed by atoms with Crippen LogP contribution in [0.3, 0.4) is 0 Å². The maximum Gasteiger partial charge on any atom is 0.305 e. The van der Waals surface area contributed by atoms with E-state index in [1.165, 1.54) is 44.5 Å². The molecule has 1 aliphatic rings. The summed E-state index contributed by atoms with van der Waals surface area (Å²) in [4.78, 5) is 18.0. The zero-order valence-corrected chi connectivity index (χ0v) is 9.13. The molecule has 0 bridgehead atoms. The second kappa shape index (κ2) is 5.01.